The maximum Gasteiger partial charge on any atom is 0.355 e. The molecule has 0 radical (unpaired) electrons. The molecule has 2 heterocycles. The van der Waals surface area contributed by atoms with Crippen molar-refractivity contribution in [1.82, 2.24) is 20.5 Å². The van der Waals surface area contributed by atoms with E-state index in [1.54, 1.807) is 4.90 Å². The number of nitrogens with zero attached hydrogens (tertiary/aromatic N) is 2. The number of carboxylic acids is 1. The van der Waals surface area contributed by atoms with Crippen LogP contribution >= 0.6 is 11.3 Å². The van der Waals surface area contributed by atoms with Gasteiger partial charge in [-0.2, -0.15) is 0 Å². The summed E-state index contributed by atoms with van der Waals surface area (Å²) in [6, 6.07) is -0.477. The van der Waals surface area contributed by atoms with E-state index in [4.69, 9.17) is 5.11 Å². The Balaban J connectivity index is 1.69. The molecule has 1 fully saturated rings. The lowest BCUT2D eigenvalue weighted by Gasteiger charge is -2.15. The van der Waals surface area contributed by atoms with Crippen LogP contribution in [0.3, 0.4) is 0 Å². The van der Waals surface area contributed by atoms with Gasteiger partial charge in [-0.1, -0.05) is 0 Å². The van der Waals surface area contributed by atoms with Gasteiger partial charge in [0.25, 0.3) is 0 Å². The van der Waals surface area contributed by atoms with Crippen LogP contribution in [0.25, 0.3) is 0 Å². The Kier molecular flexibility index (Phi) is 5.09. The fourth-order valence-electron chi connectivity index (χ4n) is 1.94. The first-order valence-electron chi connectivity index (χ1n) is 6.53. The molecule has 9 heteroatoms. The average Bonchev–Trinajstić information content (AvgIpc) is 3.13. The molecule has 1 aromatic rings. The van der Waals surface area contributed by atoms with Gasteiger partial charge in [-0.05, 0) is 12.8 Å². The van der Waals surface area contributed by atoms with Crippen LogP contribution in [0.15, 0.2) is 5.38 Å². The highest BCUT2D eigenvalue weighted by Gasteiger charge is 2.18. The molecule has 0 unspecified atom stereocenters. The number of carboxylic acid groups (broad SMARTS) is 1. The number of carbonyl (C=O) groups is 3. The van der Waals surface area contributed by atoms with Gasteiger partial charge in [0.1, 0.15) is 5.01 Å². The summed E-state index contributed by atoms with van der Waals surface area (Å²) in [5, 5.41) is 15.6. The zero-order chi connectivity index (χ0) is 15.2. The molecule has 21 heavy (non-hydrogen) atoms. The summed E-state index contributed by atoms with van der Waals surface area (Å²) in [4.78, 5) is 39.5. The third kappa shape index (κ3) is 4.42. The molecule has 1 saturated heterocycles. The Morgan fingerprint density at radius 3 is 2.62 bits per heavy atom. The first kappa shape index (κ1) is 15.2. The molecular formula is C12H16N4O4S. The molecule has 1 aliphatic heterocycles. The zero-order valence-electron chi connectivity index (χ0n) is 11.3. The Bertz CT molecular complexity index is 539. The first-order valence-corrected chi connectivity index (χ1v) is 7.41. The number of urea groups is 1. The summed E-state index contributed by atoms with van der Waals surface area (Å²) in [7, 11) is 0. The van der Waals surface area contributed by atoms with E-state index < -0.39 is 12.0 Å². The van der Waals surface area contributed by atoms with Crippen molar-refractivity contribution in [3.8, 4) is 0 Å². The lowest BCUT2D eigenvalue weighted by atomic mass is 10.4. The van der Waals surface area contributed by atoms with Gasteiger partial charge in [0.2, 0.25) is 5.91 Å². The zero-order valence-corrected chi connectivity index (χ0v) is 12.1. The van der Waals surface area contributed by atoms with Crippen LogP contribution in [0.2, 0.25) is 0 Å². The third-order valence-electron chi connectivity index (χ3n) is 3.03. The van der Waals surface area contributed by atoms with Crippen molar-refractivity contribution in [2.24, 2.45) is 0 Å². The molecular weight excluding hydrogens is 296 g/mol. The summed E-state index contributed by atoms with van der Waals surface area (Å²) in [6.45, 7) is 1.59. The molecule has 0 bridgehead atoms. The van der Waals surface area contributed by atoms with Crippen LogP contribution < -0.4 is 10.6 Å². The number of thiazole rings is 1. The number of nitrogens with one attached hydrogen (secondary N) is 2. The molecule has 1 aromatic heterocycles. The molecule has 3 N–H and O–H groups in total. The molecule has 8 nitrogen and oxygen atoms in total. The number of hydrogen-bond acceptors (Lipinski definition) is 5. The van der Waals surface area contributed by atoms with Crippen molar-refractivity contribution >= 4 is 29.2 Å². The van der Waals surface area contributed by atoms with Crippen LogP contribution in [0.5, 0.6) is 0 Å². The monoisotopic (exact) mass is 312 g/mol. The maximum absolute atomic E-state index is 11.7. The lowest BCUT2D eigenvalue weighted by Crippen LogP contribution is -2.42. The van der Waals surface area contributed by atoms with E-state index in [2.05, 4.69) is 15.6 Å². The largest absolute Gasteiger partial charge is 0.476 e. The number of amides is 3. The smallest absolute Gasteiger partial charge is 0.355 e. The van der Waals surface area contributed by atoms with E-state index in [1.165, 1.54) is 5.38 Å². The Labute approximate surface area is 125 Å². The van der Waals surface area contributed by atoms with E-state index in [1.807, 2.05) is 0 Å². The second kappa shape index (κ2) is 7.02. The summed E-state index contributed by atoms with van der Waals surface area (Å²) < 4.78 is 0. The normalized spacial score (nSPS) is 14.0. The van der Waals surface area contributed by atoms with Gasteiger partial charge in [0.15, 0.2) is 5.69 Å². The van der Waals surface area contributed by atoms with E-state index in [0.29, 0.717) is 5.01 Å². The molecule has 0 aliphatic carbocycles. The maximum atomic E-state index is 11.7. The number of aromatic nitrogens is 1. The number of likely N-dealkylation sites (tertiary alicyclic amines) is 1. The first-order chi connectivity index (χ1) is 10.1. The Morgan fingerprint density at radius 2 is 2.00 bits per heavy atom. The van der Waals surface area contributed by atoms with Crippen molar-refractivity contribution < 1.29 is 19.5 Å². The third-order valence-corrected chi connectivity index (χ3v) is 3.88. The second-order valence-corrected chi connectivity index (χ2v) is 5.50. The summed E-state index contributed by atoms with van der Waals surface area (Å²) in [5.74, 6) is -1.19. The van der Waals surface area contributed by atoms with Gasteiger partial charge >= 0.3 is 12.0 Å². The van der Waals surface area contributed by atoms with Gasteiger partial charge in [0, 0.05) is 18.5 Å². The SMILES string of the molecule is O=C(NCC(=O)N1CCCC1)NCc1nc(C(=O)O)cs1. The summed E-state index contributed by atoms with van der Waals surface area (Å²) in [5.41, 5.74) is -0.0404. The highest BCUT2D eigenvalue weighted by atomic mass is 32.1. The standard InChI is InChI=1S/C12H16N4O4S/c17-10(16-3-1-2-4-16)6-14-12(20)13-5-9-15-8(7-21-9)11(18)19/h7H,1-6H2,(H,18,19)(H2,13,14,20). The molecule has 1 aliphatic rings. The predicted octanol–water partition coefficient (Wildman–Crippen LogP) is 0.263. The minimum atomic E-state index is -1.10. The fraction of sp³-hybridized carbons (Fsp3) is 0.500. The van der Waals surface area contributed by atoms with E-state index >= 15 is 0 Å². The van der Waals surface area contributed by atoms with Crippen molar-refractivity contribution in [3.05, 3.63) is 16.1 Å². The predicted molar refractivity (Wildman–Crippen MR) is 75.1 cm³/mol. The summed E-state index contributed by atoms with van der Waals surface area (Å²) >= 11 is 1.16. The molecule has 3 amide bonds. The van der Waals surface area contributed by atoms with Crippen LogP contribution in [-0.2, 0) is 11.3 Å². The fourth-order valence-corrected chi connectivity index (χ4v) is 2.65. The van der Waals surface area contributed by atoms with Crippen molar-refractivity contribution in [2.75, 3.05) is 19.6 Å². The van der Waals surface area contributed by atoms with Crippen LogP contribution in [0, 0.1) is 0 Å². The van der Waals surface area contributed by atoms with Crippen molar-refractivity contribution in [1.29, 1.82) is 0 Å². The summed E-state index contributed by atoms with van der Waals surface area (Å²) in [6.07, 6.45) is 2.02. The van der Waals surface area contributed by atoms with Crippen LogP contribution in [-0.4, -0.2) is 52.5 Å². The van der Waals surface area contributed by atoms with E-state index in [9.17, 15) is 14.4 Å². The molecule has 0 saturated carbocycles. The van der Waals surface area contributed by atoms with Crippen LogP contribution in [0.4, 0.5) is 4.79 Å². The van der Waals surface area contributed by atoms with Gasteiger partial charge in [-0.15, -0.1) is 11.3 Å². The highest BCUT2D eigenvalue weighted by Crippen LogP contribution is 2.09. The molecule has 0 atom stereocenters. The van der Waals surface area contributed by atoms with Crippen molar-refractivity contribution in [2.45, 2.75) is 19.4 Å². The van der Waals surface area contributed by atoms with Gasteiger partial charge in [0.05, 0.1) is 13.1 Å². The number of rotatable bonds is 5. The quantitative estimate of drug-likeness (QED) is 0.722. The Morgan fingerprint density at radius 1 is 1.29 bits per heavy atom. The molecule has 2 rings (SSSR count). The minimum absolute atomic E-state index is 0.0376. The molecule has 0 spiro atoms. The van der Waals surface area contributed by atoms with Gasteiger partial charge in [-0.25, -0.2) is 14.6 Å². The molecule has 0 aromatic carbocycles. The number of hydrogen-bond donors (Lipinski definition) is 3. The highest BCUT2D eigenvalue weighted by molar-refractivity contribution is 7.09. The average molecular weight is 312 g/mol. The van der Waals surface area contributed by atoms with Crippen molar-refractivity contribution in [3.63, 3.8) is 0 Å². The van der Waals surface area contributed by atoms with E-state index in [0.717, 1.165) is 37.3 Å². The topological polar surface area (TPSA) is 112 Å². The molecule has 114 valence electrons. The van der Waals surface area contributed by atoms with Gasteiger partial charge < -0.3 is 20.6 Å². The van der Waals surface area contributed by atoms with Crippen LogP contribution in [0.1, 0.15) is 28.3 Å². The van der Waals surface area contributed by atoms with E-state index in [-0.39, 0.29) is 24.7 Å². The number of aromatic carboxylic acids is 1. The number of carbonyl (C=O) groups excluding carboxylic acids is 2. The van der Waals surface area contributed by atoms with Gasteiger partial charge in [-0.3, -0.25) is 4.79 Å². The Hall–Kier alpha value is -2.16. The minimum Gasteiger partial charge on any atom is -0.476 e. The lowest BCUT2D eigenvalue weighted by molar-refractivity contribution is -0.128. The second-order valence-electron chi connectivity index (χ2n) is 4.56.